The van der Waals surface area contributed by atoms with Gasteiger partial charge in [-0.05, 0) is 35.2 Å². The van der Waals surface area contributed by atoms with Crippen molar-refractivity contribution in [1.82, 2.24) is 9.29 Å². The first kappa shape index (κ1) is 16.4. The number of rotatable bonds is 3. The molecule has 4 nitrogen and oxygen atoms in total. The summed E-state index contributed by atoms with van der Waals surface area (Å²) in [4.78, 5) is 3.80. The van der Waals surface area contributed by atoms with Crippen molar-refractivity contribution in [3.8, 4) is 0 Å². The number of aromatic nitrogens is 1. The van der Waals surface area contributed by atoms with E-state index in [-0.39, 0.29) is 0 Å². The fourth-order valence-corrected chi connectivity index (χ4v) is 4.93. The van der Waals surface area contributed by atoms with Crippen LogP contribution in [0.15, 0.2) is 53.4 Å². The van der Waals surface area contributed by atoms with Gasteiger partial charge in [0, 0.05) is 36.1 Å². The van der Waals surface area contributed by atoms with E-state index in [0.29, 0.717) is 30.3 Å². The largest absolute Gasteiger partial charge is 0.358 e. The predicted molar refractivity (Wildman–Crippen MR) is 100 cm³/mol. The number of nitrogens with zero attached hydrogens (tertiary/aromatic N) is 1. The minimum atomic E-state index is -3.47. The third-order valence-corrected chi connectivity index (χ3v) is 6.89. The first-order valence-corrected chi connectivity index (χ1v) is 10.1. The highest BCUT2D eigenvalue weighted by atomic mass is 32.2. The average molecular weight is 354 g/mol. The first-order valence-electron chi connectivity index (χ1n) is 8.65. The van der Waals surface area contributed by atoms with Crippen molar-refractivity contribution in [3.05, 3.63) is 65.4 Å². The van der Waals surface area contributed by atoms with Gasteiger partial charge >= 0.3 is 0 Å². The maximum absolute atomic E-state index is 13.1. The van der Waals surface area contributed by atoms with E-state index < -0.39 is 10.0 Å². The number of nitrogens with one attached hydrogen (secondary N) is 1. The standard InChI is InChI=1S/C20H22N2O2S/c1-14(2)15-7-9-16(10-8-15)25(23,24)22-12-11-20-18(13-22)17-5-3-4-6-19(17)21-20/h3-10,14,21H,11-13H2,1-2H3. The molecule has 0 radical (unpaired) electrons. The molecule has 3 aromatic rings. The van der Waals surface area contributed by atoms with Crippen LogP contribution in [0.1, 0.15) is 36.6 Å². The Kier molecular flexibility index (Phi) is 3.93. The predicted octanol–water partition coefficient (Wildman–Crippen LogP) is 4.04. The minimum Gasteiger partial charge on any atom is -0.358 e. The lowest BCUT2D eigenvalue weighted by Gasteiger charge is -2.26. The summed E-state index contributed by atoms with van der Waals surface area (Å²) in [5, 5.41) is 1.12. The van der Waals surface area contributed by atoms with Crippen LogP contribution in [0.2, 0.25) is 0 Å². The molecule has 0 unspecified atom stereocenters. The summed E-state index contributed by atoms with van der Waals surface area (Å²) in [7, 11) is -3.47. The molecular weight excluding hydrogens is 332 g/mol. The van der Waals surface area contributed by atoms with Gasteiger partial charge in [0.15, 0.2) is 0 Å². The Labute approximate surface area is 148 Å². The zero-order valence-electron chi connectivity index (χ0n) is 14.5. The first-order chi connectivity index (χ1) is 12.0. The number of fused-ring (bicyclic) bond motifs is 3. The van der Waals surface area contributed by atoms with Gasteiger partial charge in [0.25, 0.3) is 0 Å². The molecule has 5 heteroatoms. The molecule has 4 rings (SSSR count). The summed E-state index contributed by atoms with van der Waals surface area (Å²) < 4.78 is 27.7. The van der Waals surface area contributed by atoms with Gasteiger partial charge in [-0.1, -0.05) is 44.2 Å². The highest BCUT2D eigenvalue weighted by Gasteiger charge is 2.30. The van der Waals surface area contributed by atoms with Crippen LogP contribution in [0.5, 0.6) is 0 Å². The third-order valence-electron chi connectivity index (χ3n) is 5.03. The summed E-state index contributed by atoms with van der Waals surface area (Å²) in [5.41, 5.74) is 4.48. The maximum atomic E-state index is 13.1. The second-order valence-electron chi connectivity index (χ2n) is 6.94. The average Bonchev–Trinajstić information content (AvgIpc) is 2.99. The molecule has 1 N–H and O–H groups in total. The van der Waals surface area contributed by atoms with Crippen molar-refractivity contribution in [1.29, 1.82) is 0 Å². The van der Waals surface area contributed by atoms with Gasteiger partial charge in [-0.25, -0.2) is 8.42 Å². The van der Waals surface area contributed by atoms with Gasteiger partial charge in [-0.2, -0.15) is 4.31 Å². The SMILES string of the molecule is CC(C)c1ccc(S(=O)(=O)N2CCc3[nH]c4ccccc4c3C2)cc1. The normalized spacial score (nSPS) is 15.6. The summed E-state index contributed by atoms with van der Waals surface area (Å²) in [6.07, 6.45) is 0.716. The Balaban J connectivity index is 1.68. The molecule has 130 valence electrons. The number of aromatic amines is 1. The van der Waals surface area contributed by atoms with Crippen LogP contribution >= 0.6 is 0 Å². The molecular formula is C20H22N2O2S. The lowest BCUT2D eigenvalue weighted by Crippen LogP contribution is -2.35. The third kappa shape index (κ3) is 2.77. The topological polar surface area (TPSA) is 53.2 Å². The van der Waals surface area contributed by atoms with Crippen LogP contribution in [-0.2, 0) is 23.0 Å². The van der Waals surface area contributed by atoms with Crippen molar-refractivity contribution in [2.45, 2.75) is 37.6 Å². The molecule has 2 aromatic carbocycles. The van der Waals surface area contributed by atoms with E-state index in [1.165, 1.54) is 0 Å². The lowest BCUT2D eigenvalue weighted by molar-refractivity contribution is 0.391. The van der Waals surface area contributed by atoms with Crippen molar-refractivity contribution in [3.63, 3.8) is 0 Å². The Morgan fingerprint density at radius 2 is 1.76 bits per heavy atom. The number of hydrogen-bond donors (Lipinski definition) is 1. The molecule has 0 aliphatic carbocycles. The molecule has 0 amide bonds. The van der Waals surface area contributed by atoms with E-state index in [2.05, 4.69) is 24.9 Å². The smallest absolute Gasteiger partial charge is 0.243 e. The molecule has 0 bridgehead atoms. The van der Waals surface area contributed by atoms with Crippen molar-refractivity contribution in [2.24, 2.45) is 0 Å². The molecule has 1 aromatic heterocycles. The molecule has 1 aliphatic rings. The van der Waals surface area contributed by atoms with E-state index in [4.69, 9.17) is 0 Å². The zero-order chi connectivity index (χ0) is 17.6. The molecule has 0 fully saturated rings. The quantitative estimate of drug-likeness (QED) is 0.772. The zero-order valence-corrected chi connectivity index (χ0v) is 15.3. The fourth-order valence-electron chi connectivity index (χ4n) is 3.52. The summed E-state index contributed by atoms with van der Waals surface area (Å²) in [6, 6.07) is 15.4. The van der Waals surface area contributed by atoms with Gasteiger partial charge in [0.05, 0.1) is 4.90 Å². The summed E-state index contributed by atoms with van der Waals surface area (Å²) in [6.45, 7) is 5.14. The summed E-state index contributed by atoms with van der Waals surface area (Å²) >= 11 is 0. The number of benzene rings is 2. The number of para-hydroxylation sites is 1. The van der Waals surface area contributed by atoms with Crippen molar-refractivity contribution < 1.29 is 8.42 Å². The molecule has 0 saturated carbocycles. The Hall–Kier alpha value is -2.11. The Bertz CT molecular complexity index is 1020. The Morgan fingerprint density at radius 1 is 1.04 bits per heavy atom. The molecule has 25 heavy (non-hydrogen) atoms. The van der Waals surface area contributed by atoms with E-state index in [1.807, 2.05) is 30.3 Å². The fraction of sp³-hybridized carbons (Fsp3) is 0.300. The highest BCUT2D eigenvalue weighted by molar-refractivity contribution is 7.89. The Morgan fingerprint density at radius 3 is 2.48 bits per heavy atom. The number of H-pyrrole nitrogens is 1. The second-order valence-corrected chi connectivity index (χ2v) is 8.88. The van der Waals surface area contributed by atoms with Gasteiger partial charge in [0.1, 0.15) is 0 Å². The molecule has 0 spiro atoms. The van der Waals surface area contributed by atoms with Crippen molar-refractivity contribution >= 4 is 20.9 Å². The van der Waals surface area contributed by atoms with Crippen LogP contribution in [0.25, 0.3) is 10.9 Å². The van der Waals surface area contributed by atoms with Crippen LogP contribution < -0.4 is 0 Å². The number of sulfonamides is 1. The highest BCUT2D eigenvalue weighted by Crippen LogP contribution is 2.30. The van der Waals surface area contributed by atoms with Crippen LogP contribution in [-0.4, -0.2) is 24.3 Å². The molecule has 2 heterocycles. The van der Waals surface area contributed by atoms with E-state index in [0.717, 1.165) is 27.7 Å². The molecule has 0 atom stereocenters. The van der Waals surface area contributed by atoms with E-state index >= 15 is 0 Å². The van der Waals surface area contributed by atoms with Crippen LogP contribution in [0, 0.1) is 0 Å². The van der Waals surface area contributed by atoms with Crippen LogP contribution in [0.4, 0.5) is 0 Å². The maximum Gasteiger partial charge on any atom is 0.243 e. The number of hydrogen-bond acceptors (Lipinski definition) is 2. The monoisotopic (exact) mass is 354 g/mol. The molecule has 0 saturated heterocycles. The van der Waals surface area contributed by atoms with Crippen LogP contribution in [0.3, 0.4) is 0 Å². The van der Waals surface area contributed by atoms with E-state index in [1.54, 1.807) is 16.4 Å². The summed E-state index contributed by atoms with van der Waals surface area (Å²) in [5.74, 6) is 0.389. The van der Waals surface area contributed by atoms with Crippen molar-refractivity contribution in [2.75, 3.05) is 6.54 Å². The minimum absolute atomic E-state index is 0.375. The van der Waals surface area contributed by atoms with Gasteiger partial charge in [-0.15, -0.1) is 0 Å². The second kappa shape index (κ2) is 6.00. The van der Waals surface area contributed by atoms with E-state index in [9.17, 15) is 8.42 Å². The van der Waals surface area contributed by atoms with Gasteiger partial charge < -0.3 is 4.98 Å². The lowest BCUT2D eigenvalue weighted by atomic mass is 10.0. The molecule has 1 aliphatic heterocycles. The van der Waals surface area contributed by atoms with Gasteiger partial charge in [-0.3, -0.25) is 0 Å². The van der Waals surface area contributed by atoms with Gasteiger partial charge in [0.2, 0.25) is 10.0 Å².